The largest absolute Gasteiger partial charge is 0.493 e. The van der Waals surface area contributed by atoms with E-state index in [1.54, 1.807) is 49.1 Å². The van der Waals surface area contributed by atoms with Crippen LogP contribution in [0.15, 0.2) is 97.1 Å². The van der Waals surface area contributed by atoms with E-state index in [4.69, 9.17) is 14.2 Å². The summed E-state index contributed by atoms with van der Waals surface area (Å²) in [6.07, 6.45) is 0.967. The highest BCUT2D eigenvalue weighted by atomic mass is 16.5. The number of rotatable bonds is 13. The van der Waals surface area contributed by atoms with Gasteiger partial charge < -0.3 is 40.8 Å². The Morgan fingerprint density at radius 3 is 1.90 bits per heavy atom. The first kappa shape index (κ1) is 40.4. The number of nitrogens with zero attached hydrogens (tertiary/aromatic N) is 2. The molecule has 5 N–H and O–H groups in total. The van der Waals surface area contributed by atoms with Crippen LogP contribution in [0.1, 0.15) is 70.7 Å². The molecule has 1 unspecified atom stereocenters. The van der Waals surface area contributed by atoms with Gasteiger partial charge in [0.25, 0.3) is 11.8 Å². The van der Waals surface area contributed by atoms with E-state index in [0.29, 0.717) is 63.8 Å². The Bertz CT molecular complexity index is 2610. The molecule has 0 bridgehead atoms. The summed E-state index contributed by atoms with van der Waals surface area (Å²) >= 11 is 0. The molecule has 4 aliphatic rings. The van der Waals surface area contributed by atoms with Crippen molar-refractivity contribution in [1.29, 1.82) is 0 Å². The number of methoxy groups -OCH3 is 1. The Labute approximate surface area is 359 Å². The number of hydrogen-bond donors (Lipinski definition) is 5. The van der Waals surface area contributed by atoms with Crippen molar-refractivity contribution in [1.82, 2.24) is 10.6 Å². The lowest BCUT2D eigenvalue weighted by molar-refractivity contribution is -0.127. The van der Waals surface area contributed by atoms with Crippen molar-refractivity contribution in [3.05, 3.63) is 130 Å². The second-order valence-corrected chi connectivity index (χ2v) is 16.5. The monoisotopic (exact) mass is 835 g/mol. The fourth-order valence-electron chi connectivity index (χ4n) is 8.73. The topological polar surface area (TPSA) is 163 Å². The Morgan fingerprint density at radius 1 is 0.677 bits per heavy atom. The lowest BCUT2D eigenvalue weighted by Crippen LogP contribution is -2.50. The molecule has 5 aromatic carbocycles. The van der Waals surface area contributed by atoms with Gasteiger partial charge in [0.1, 0.15) is 37.3 Å². The minimum Gasteiger partial charge on any atom is -0.493 e. The fourth-order valence-corrected chi connectivity index (χ4v) is 8.73. The molecule has 0 saturated carbocycles. The molecule has 5 aromatic rings. The van der Waals surface area contributed by atoms with E-state index in [9.17, 15) is 19.2 Å². The Balaban J connectivity index is 0.940. The van der Waals surface area contributed by atoms with Crippen LogP contribution in [0.2, 0.25) is 0 Å². The SMILES string of the molecule is COc1cc2c(cc1OCc1cc(COc3ccc4c(c3)NC3Cc5ccccc5N3C4=O)cc(NC(=O)[C@H](C)NC(=O)[C@H](C)NC(C)C)c1)N[C@@H]1Cc3ccccc3N1C2=O. The van der Waals surface area contributed by atoms with Gasteiger partial charge in [0.2, 0.25) is 11.8 Å². The summed E-state index contributed by atoms with van der Waals surface area (Å²) in [5, 5.41) is 16.0. The molecule has 14 heteroatoms. The Morgan fingerprint density at radius 2 is 1.27 bits per heavy atom. The van der Waals surface area contributed by atoms with Crippen LogP contribution in [0.4, 0.5) is 28.4 Å². The van der Waals surface area contributed by atoms with Crippen molar-refractivity contribution in [2.24, 2.45) is 0 Å². The molecule has 0 saturated heterocycles. The van der Waals surface area contributed by atoms with Gasteiger partial charge in [-0.3, -0.25) is 29.0 Å². The lowest BCUT2D eigenvalue weighted by atomic mass is 10.1. The summed E-state index contributed by atoms with van der Waals surface area (Å²) in [4.78, 5) is 57.3. The zero-order valence-electron chi connectivity index (χ0n) is 35.2. The highest BCUT2D eigenvalue weighted by Gasteiger charge is 2.41. The third kappa shape index (κ3) is 7.73. The quantitative estimate of drug-likeness (QED) is 0.0875. The summed E-state index contributed by atoms with van der Waals surface area (Å²) in [7, 11) is 1.53. The van der Waals surface area contributed by atoms with Crippen LogP contribution < -0.4 is 50.6 Å². The van der Waals surface area contributed by atoms with E-state index >= 15 is 0 Å². The predicted octanol–water partition coefficient (Wildman–Crippen LogP) is 6.59. The van der Waals surface area contributed by atoms with Crippen LogP contribution in [-0.2, 0) is 35.6 Å². The zero-order chi connectivity index (χ0) is 43.2. The average molecular weight is 836 g/mol. The minimum absolute atomic E-state index is 0.0617. The van der Waals surface area contributed by atoms with Gasteiger partial charge in [-0.15, -0.1) is 0 Å². The predicted molar refractivity (Wildman–Crippen MR) is 237 cm³/mol. The summed E-state index contributed by atoms with van der Waals surface area (Å²) in [6.45, 7) is 7.49. The maximum absolute atomic E-state index is 13.8. The van der Waals surface area contributed by atoms with E-state index in [1.165, 1.54) is 7.11 Å². The molecule has 0 fully saturated rings. The maximum atomic E-state index is 13.8. The van der Waals surface area contributed by atoms with Gasteiger partial charge in [0.15, 0.2) is 11.5 Å². The highest BCUT2D eigenvalue weighted by molar-refractivity contribution is 6.14. The first-order valence-electron chi connectivity index (χ1n) is 20.9. The molecule has 9 rings (SSSR count). The van der Waals surface area contributed by atoms with Crippen LogP contribution in [-0.4, -0.2) is 61.2 Å². The summed E-state index contributed by atoms with van der Waals surface area (Å²) in [5.74, 6) is 0.526. The normalized spacial score (nSPS) is 17.6. The lowest BCUT2D eigenvalue weighted by Gasteiger charge is -2.33. The van der Waals surface area contributed by atoms with Crippen molar-refractivity contribution in [3.63, 3.8) is 0 Å². The van der Waals surface area contributed by atoms with Crippen molar-refractivity contribution < 1.29 is 33.4 Å². The maximum Gasteiger partial charge on any atom is 0.262 e. The second-order valence-electron chi connectivity index (χ2n) is 16.5. The molecule has 4 heterocycles. The average Bonchev–Trinajstić information content (AvgIpc) is 3.82. The smallest absolute Gasteiger partial charge is 0.262 e. The summed E-state index contributed by atoms with van der Waals surface area (Å²) in [5.41, 5.74) is 8.35. The van der Waals surface area contributed by atoms with E-state index in [0.717, 1.165) is 28.1 Å². The second kappa shape index (κ2) is 16.4. The van der Waals surface area contributed by atoms with Gasteiger partial charge in [-0.1, -0.05) is 50.2 Å². The summed E-state index contributed by atoms with van der Waals surface area (Å²) in [6, 6.07) is 29.1. The van der Waals surface area contributed by atoms with Crippen LogP contribution in [0.5, 0.6) is 17.2 Å². The van der Waals surface area contributed by atoms with E-state index < -0.39 is 18.0 Å². The number of amides is 4. The fraction of sp³-hybridized carbons (Fsp3) is 0.292. The molecular weight excluding hydrogens is 787 g/mol. The number of para-hydroxylation sites is 2. The molecule has 0 aliphatic carbocycles. The molecule has 0 aromatic heterocycles. The van der Waals surface area contributed by atoms with E-state index in [2.05, 4.69) is 26.6 Å². The number of ether oxygens (including phenoxy) is 3. The molecule has 62 heavy (non-hydrogen) atoms. The van der Waals surface area contributed by atoms with Crippen molar-refractivity contribution in [3.8, 4) is 17.2 Å². The minimum atomic E-state index is -0.827. The van der Waals surface area contributed by atoms with Gasteiger partial charge in [-0.25, -0.2) is 0 Å². The third-order valence-corrected chi connectivity index (χ3v) is 11.6. The first-order valence-corrected chi connectivity index (χ1v) is 20.9. The number of benzene rings is 5. The Hall–Kier alpha value is -7.06. The standard InChI is InChI=1S/C48H49N7O7/c1-26(2)49-27(3)45(56)50-28(4)46(57)51-33-17-29(24-61-34-14-15-35-37(21-34)52-43-19-31-10-6-8-12-39(31)54(43)47(35)58)16-30(18-33)25-62-42-23-38-36(22-41(42)60-5)48(59)55-40-13-9-7-11-32(40)20-44(55)53-38/h6-18,21-23,26-28,43-44,49,52-53H,19-20,24-25H2,1-5H3,(H,50,56)(H,51,57)/t27-,28-,43?,44-/m0/s1. The number of fused-ring (bicyclic) bond motifs is 8. The van der Waals surface area contributed by atoms with Gasteiger partial charge in [0, 0.05) is 48.1 Å². The molecule has 318 valence electrons. The van der Waals surface area contributed by atoms with Gasteiger partial charge >= 0.3 is 0 Å². The molecule has 0 spiro atoms. The molecule has 14 nitrogen and oxygen atoms in total. The number of carbonyl (C=O) groups excluding carboxylic acids is 4. The summed E-state index contributed by atoms with van der Waals surface area (Å²) < 4.78 is 18.5. The van der Waals surface area contributed by atoms with Crippen LogP contribution in [0.3, 0.4) is 0 Å². The molecule has 0 radical (unpaired) electrons. The van der Waals surface area contributed by atoms with Crippen LogP contribution in [0.25, 0.3) is 0 Å². The molecular formula is C48H49N7O7. The van der Waals surface area contributed by atoms with Crippen molar-refractivity contribution >= 4 is 52.1 Å². The highest BCUT2D eigenvalue weighted by Crippen LogP contribution is 2.43. The van der Waals surface area contributed by atoms with Gasteiger partial charge in [-0.2, -0.15) is 0 Å². The molecule has 4 atom stereocenters. The first-order chi connectivity index (χ1) is 29.9. The number of carbonyl (C=O) groups is 4. The van der Waals surface area contributed by atoms with Crippen molar-refractivity contribution in [2.75, 3.05) is 32.9 Å². The van der Waals surface area contributed by atoms with Crippen molar-refractivity contribution in [2.45, 2.75) is 84.2 Å². The molecule has 4 amide bonds. The number of anilines is 5. The zero-order valence-corrected chi connectivity index (χ0v) is 35.2. The van der Waals surface area contributed by atoms with Crippen LogP contribution >= 0.6 is 0 Å². The van der Waals surface area contributed by atoms with E-state index in [-0.39, 0.29) is 49.3 Å². The third-order valence-electron chi connectivity index (χ3n) is 11.6. The Kier molecular flexibility index (Phi) is 10.7. The number of nitrogens with one attached hydrogen (secondary N) is 5. The number of hydrogen-bond acceptors (Lipinski definition) is 10. The van der Waals surface area contributed by atoms with Gasteiger partial charge in [0.05, 0.1) is 35.7 Å². The molecule has 4 aliphatic heterocycles. The van der Waals surface area contributed by atoms with Crippen LogP contribution in [0, 0.1) is 0 Å². The van der Waals surface area contributed by atoms with Gasteiger partial charge in [-0.05, 0) is 84.6 Å². The van der Waals surface area contributed by atoms with E-state index in [1.807, 2.05) is 85.5 Å².